The lowest BCUT2D eigenvalue weighted by atomic mass is 9.52. The Morgan fingerprint density at radius 1 is 1.10 bits per heavy atom. The second kappa shape index (κ2) is 5.20. The molecule has 0 radical (unpaired) electrons. The summed E-state index contributed by atoms with van der Waals surface area (Å²) in [5.41, 5.74) is -0.497. The molecule has 4 atom stereocenters. The van der Waals surface area contributed by atoms with Gasteiger partial charge in [0.1, 0.15) is 0 Å². The Labute approximate surface area is 129 Å². The van der Waals surface area contributed by atoms with Crippen LogP contribution >= 0.6 is 0 Å². The van der Waals surface area contributed by atoms with Gasteiger partial charge in [-0.3, -0.25) is 0 Å². The van der Waals surface area contributed by atoms with Gasteiger partial charge in [0.25, 0.3) is 0 Å². The highest BCUT2D eigenvalue weighted by Crippen LogP contribution is 2.84. The summed E-state index contributed by atoms with van der Waals surface area (Å²) in [5.74, 6) is 1.17. The van der Waals surface area contributed by atoms with E-state index in [-0.39, 0.29) is 10.8 Å². The highest BCUT2D eigenvalue weighted by atomic mass is 19.3. The molecule has 0 amide bonds. The van der Waals surface area contributed by atoms with E-state index >= 15 is 0 Å². The van der Waals surface area contributed by atoms with Gasteiger partial charge in [0.05, 0.1) is 0 Å². The molecule has 3 aliphatic carbocycles. The summed E-state index contributed by atoms with van der Waals surface area (Å²) in [6, 6.07) is 0. The average molecular weight is 298 g/mol. The molecule has 0 aromatic heterocycles. The van der Waals surface area contributed by atoms with Crippen molar-refractivity contribution < 1.29 is 8.78 Å². The van der Waals surface area contributed by atoms with Gasteiger partial charge in [-0.2, -0.15) is 0 Å². The lowest BCUT2D eigenvalue weighted by molar-refractivity contribution is -0.0858. The third-order valence-corrected chi connectivity index (χ3v) is 7.91. The van der Waals surface area contributed by atoms with Crippen LogP contribution in [0.15, 0.2) is 0 Å². The number of alkyl halides is 2. The molecule has 4 unspecified atom stereocenters. The summed E-state index contributed by atoms with van der Waals surface area (Å²) in [7, 11) is 0. The van der Waals surface area contributed by atoms with Gasteiger partial charge in [-0.15, -0.1) is 0 Å². The predicted molar refractivity (Wildman–Crippen MR) is 83.5 cm³/mol. The number of fused-ring (bicyclic) bond motifs is 1. The van der Waals surface area contributed by atoms with E-state index in [1.807, 2.05) is 0 Å². The van der Waals surface area contributed by atoms with E-state index < -0.39 is 11.8 Å². The molecule has 3 fully saturated rings. The maximum Gasteiger partial charge on any atom is 0.244 e. The Morgan fingerprint density at radius 2 is 1.76 bits per heavy atom. The first-order chi connectivity index (χ1) is 9.93. The summed E-state index contributed by atoms with van der Waals surface area (Å²) in [6.45, 7) is 6.92. The van der Waals surface area contributed by atoms with Gasteiger partial charge >= 0.3 is 0 Å². The first-order valence-electron chi connectivity index (χ1n) is 9.22. The molecule has 0 heterocycles. The van der Waals surface area contributed by atoms with Crippen LogP contribution in [0, 0.1) is 28.1 Å². The Morgan fingerprint density at radius 3 is 2.33 bits per heavy atom. The largest absolute Gasteiger partial charge is 0.244 e. The van der Waals surface area contributed by atoms with Crippen LogP contribution in [0.2, 0.25) is 0 Å². The van der Waals surface area contributed by atoms with E-state index in [1.165, 1.54) is 44.9 Å². The third kappa shape index (κ3) is 1.96. The van der Waals surface area contributed by atoms with Gasteiger partial charge in [0, 0.05) is 5.41 Å². The van der Waals surface area contributed by atoms with Crippen LogP contribution in [-0.4, -0.2) is 6.43 Å². The minimum atomic E-state index is -2.11. The van der Waals surface area contributed by atoms with Crippen molar-refractivity contribution >= 4 is 0 Å². The van der Waals surface area contributed by atoms with Crippen LogP contribution in [0.5, 0.6) is 0 Å². The molecule has 0 N–H and O–H groups in total. The minimum Gasteiger partial charge on any atom is -0.210 e. The van der Waals surface area contributed by atoms with E-state index in [9.17, 15) is 8.78 Å². The molecule has 0 aliphatic heterocycles. The van der Waals surface area contributed by atoms with Gasteiger partial charge in [-0.05, 0) is 54.8 Å². The van der Waals surface area contributed by atoms with Crippen molar-refractivity contribution in [2.75, 3.05) is 0 Å². The fraction of sp³-hybridized carbons (Fsp3) is 1.00. The van der Waals surface area contributed by atoms with Crippen molar-refractivity contribution in [3.63, 3.8) is 0 Å². The molecular formula is C19H32F2. The Bertz CT molecular complexity index is 385. The molecule has 3 saturated carbocycles. The van der Waals surface area contributed by atoms with E-state index in [2.05, 4.69) is 20.8 Å². The summed E-state index contributed by atoms with van der Waals surface area (Å²) in [4.78, 5) is 0. The van der Waals surface area contributed by atoms with Crippen LogP contribution in [0.4, 0.5) is 8.78 Å². The van der Waals surface area contributed by atoms with Crippen LogP contribution in [0.3, 0.4) is 0 Å². The van der Waals surface area contributed by atoms with Gasteiger partial charge < -0.3 is 0 Å². The maximum absolute atomic E-state index is 14.0. The number of hydrogen-bond donors (Lipinski definition) is 0. The van der Waals surface area contributed by atoms with E-state index in [1.54, 1.807) is 0 Å². The highest BCUT2D eigenvalue weighted by Gasteiger charge is 2.80. The van der Waals surface area contributed by atoms with Crippen molar-refractivity contribution in [3.05, 3.63) is 0 Å². The average Bonchev–Trinajstić information content (AvgIpc) is 3.17. The van der Waals surface area contributed by atoms with Crippen molar-refractivity contribution in [2.45, 2.75) is 91.4 Å². The zero-order valence-corrected chi connectivity index (χ0v) is 14.1. The van der Waals surface area contributed by atoms with E-state index in [0.717, 1.165) is 19.3 Å². The molecule has 0 aromatic carbocycles. The van der Waals surface area contributed by atoms with Gasteiger partial charge in [-0.25, -0.2) is 8.78 Å². The highest BCUT2D eigenvalue weighted by molar-refractivity contribution is 5.26. The topological polar surface area (TPSA) is 0 Å². The molecule has 0 aromatic rings. The summed E-state index contributed by atoms with van der Waals surface area (Å²) < 4.78 is 28.0. The summed E-state index contributed by atoms with van der Waals surface area (Å²) in [6.07, 6.45) is 9.14. The molecule has 0 bridgehead atoms. The lowest BCUT2D eigenvalue weighted by Gasteiger charge is -2.52. The Balaban J connectivity index is 1.95. The van der Waals surface area contributed by atoms with Crippen LogP contribution in [0.25, 0.3) is 0 Å². The fourth-order valence-electron chi connectivity index (χ4n) is 6.76. The van der Waals surface area contributed by atoms with Crippen molar-refractivity contribution in [3.8, 4) is 0 Å². The quantitative estimate of drug-likeness (QED) is 0.560. The number of rotatable bonds is 4. The van der Waals surface area contributed by atoms with Gasteiger partial charge in [0.15, 0.2) is 0 Å². The number of halogens is 2. The SMILES string of the molecule is CCCC1CCC2(C(F)F)CC2(C2(C)CCCCC2)C1C. The normalized spacial score (nSPS) is 45.4. The molecule has 21 heavy (non-hydrogen) atoms. The second-order valence-electron chi connectivity index (χ2n) is 8.60. The zero-order chi connectivity index (χ0) is 15.3. The third-order valence-electron chi connectivity index (χ3n) is 7.91. The van der Waals surface area contributed by atoms with Crippen molar-refractivity contribution in [2.24, 2.45) is 28.1 Å². The predicted octanol–water partition coefficient (Wildman–Crippen LogP) is 6.44. The van der Waals surface area contributed by atoms with Crippen LogP contribution in [0.1, 0.15) is 85.0 Å². The van der Waals surface area contributed by atoms with Crippen molar-refractivity contribution in [1.29, 1.82) is 0 Å². The number of hydrogen-bond acceptors (Lipinski definition) is 0. The molecular weight excluding hydrogens is 266 g/mol. The maximum atomic E-state index is 14.0. The van der Waals surface area contributed by atoms with Gasteiger partial charge in [-0.1, -0.05) is 52.9 Å². The molecule has 122 valence electrons. The van der Waals surface area contributed by atoms with E-state index in [0.29, 0.717) is 11.8 Å². The monoisotopic (exact) mass is 298 g/mol. The second-order valence-corrected chi connectivity index (χ2v) is 8.60. The lowest BCUT2D eigenvalue weighted by Crippen LogP contribution is -2.47. The standard InChI is InChI=1S/C19H32F2/c1-4-8-15-9-12-18(16(20)21)13-19(18,14(15)2)17(3)10-6-5-7-11-17/h14-16H,4-13H2,1-3H3. The zero-order valence-electron chi connectivity index (χ0n) is 14.1. The molecule has 0 saturated heterocycles. The van der Waals surface area contributed by atoms with Crippen LogP contribution < -0.4 is 0 Å². The molecule has 3 rings (SSSR count). The smallest absolute Gasteiger partial charge is 0.210 e. The Kier molecular flexibility index (Phi) is 3.90. The van der Waals surface area contributed by atoms with Crippen LogP contribution in [-0.2, 0) is 0 Å². The molecule has 3 aliphatic rings. The Hall–Kier alpha value is -0.140. The molecule has 2 heteroatoms. The summed E-state index contributed by atoms with van der Waals surface area (Å²) in [5, 5.41) is 0. The fourth-order valence-corrected chi connectivity index (χ4v) is 6.76. The van der Waals surface area contributed by atoms with Crippen molar-refractivity contribution in [1.82, 2.24) is 0 Å². The first-order valence-corrected chi connectivity index (χ1v) is 9.22. The van der Waals surface area contributed by atoms with Gasteiger partial charge in [0.2, 0.25) is 6.43 Å². The van der Waals surface area contributed by atoms with E-state index in [4.69, 9.17) is 0 Å². The first kappa shape index (κ1) is 15.7. The molecule has 0 nitrogen and oxygen atoms in total. The minimum absolute atomic E-state index is 0.0489. The summed E-state index contributed by atoms with van der Waals surface area (Å²) >= 11 is 0. The molecule has 0 spiro atoms.